The Morgan fingerprint density at radius 3 is 1.39 bits per heavy atom. The van der Waals surface area contributed by atoms with Crippen molar-refractivity contribution in [2.45, 2.75) is 219 Å². The molecule has 258 valence electrons. The Labute approximate surface area is 274 Å². The minimum Gasteiger partial charge on any atom is -0.481 e. The average molecular weight is 619 g/mol. The molecule has 0 rings (SSSR count). The zero-order chi connectivity index (χ0) is 32.2. The summed E-state index contributed by atoms with van der Waals surface area (Å²) in [5.41, 5.74) is 0. The van der Waals surface area contributed by atoms with Gasteiger partial charge in [-0.3, -0.25) is 9.59 Å². The van der Waals surface area contributed by atoms with Gasteiger partial charge in [-0.25, -0.2) is 0 Å². The molecule has 0 aromatic heterocycles. The van der Waals surface area contributed by atoms with E-state index in [1.807, 2.05) is 0 Å². The van der Waals surface area contributed by atoms with E-state index in [4.69, 9.17) is 9.84 Å². The molecule has 0 heterocycles. The second kappa shape index (κ2) is 35.9. The number of ether oxygens (including phenoxy) is 1. The fourth-order valence-electron chi connectivity index (χ4n) is 5.80. The molecule has 4 heteroatoms. The quantitative estimate of drug-likeness (QED) is 0.0436. The first-order valence-electron chi connectivity index (χ1n) is 19.3. The molecule has 0 radical (unpaired) electrons. The lowest BCUT2D eigenvalue weighted by Gasteiger charge is -2.18. The van der Waals surface area contributed by atoms with Gasteiger partial charge < -0.3 is 9.84 Å². The molecule has 0 saturated heterocycles. The Hall–Kier alpha value is -1.58. The van der Waals surface area contributed by atoms with Gasteiger partial charge in [0, 0.05) is 12.8 Å². The number of hydrogen-bond acceptors (Lipinski definition) is 3. The smallest absolute Gasteiger partial charge is 0.306 e. The van der Waals surface area contributed by atoms with Crippen molar-refractivity contribution in [3.05, 3.63) is 24.3 Å². The van der Waals surface area contributed by atoms with E-state index in [1.165, 1.54) is 109 Å². The predicted octanol–water partition coefficient (Wildman–Crippen LogP) is 13.2. The van der Waals surface area contributed by atoms with Crippen LogP contribution in [0, 0.1) is 0 Å². The number of esters is 1. The van der Waals surface area contributed by atoms with Crippen molar-refractivity contribution >= 4 is 11.9 Å². The highest BCUT2D eigenvalue weighted by atomic mass is 16.5. The zero-order valence-electron chi connectivity index (χ0n) is 29.5. The maximum Gasteiger partial charge on any atom is 0.306 e. The average Bonchev–Trinajstić information content (AvgIpc) is 3.01. The predicted molar refractivity (Wildman–Crippen MR) is 190 cm³/mol. The van der Waals surface area contributed by atoms with Crippen LogP contribution in [0.4, 0.5) is 0 Å². The Morgan fingerprint density at radius 2 is 0.886 bits per heavy atom. The van der Waals surface area contributed by atoms with Crippen molar-refractivity contribution in [3.63, 3.8) is 0 Å². The van der Waals surface area contributed by atoms with E-state index >= 15 is 0 Å². The number of carbonyl (C=O) groups excluding carboxylic acids is 1. The van der Waals surface area contributed by atoms with Gasteiger partial charge in [0.15, 0.2) is 0 Å². The molecule has 1 N–H and O–H groups in total. The summed E-state index contributed by atoms with van der Waals surface area (Å²) in [4.78, 5) is 23.2. The fourth-order valence-corrected chi connectivity index (χ4v) is 5.80. The van der Waals surface area contributed by atoms with Crippen molar-refractivity contribution in [2.75, 3.05) is 0 Å². The SMILES string of the molecule is CCCCC/C=C\C/C=C\CCCCCCCCCCCC(=O)OC(CCCCCCCC)CCCCCCCCC(=O)O. The van der Waals surface area contributed by atoms with Crippen LogP contribution in [0.2, 0.25) is 0 Å². The molecule has 4 nitrogen and oxygen atoms in total. The van der Waals surface area contributed by atoms with Crippen molar-refractivity contribution < 1.29 is 19.4 Å². The molecule has 0 aromatic rings. The van der Waals surface area contributed by atoms with Crippen LogP contribution < -0.4 is 0 Å². The van der Waals surface area contributed by atoms with Crippen molar-refractivity contribution in [2.24, 2.45) is 0 Å². The molecule has 1 unspecified atom stereocenters. The van der Waals surface area contributed by atoms with Gasteiger partial charge >= 0.3 is 11.9 Å². The molecule has 44 heavy (non-hydrogen) atoms. The minimum atomic E-state index is -0.693. The lowest BCUT2D eigenvalue weighted by Crippen LogP contribution is -2.18. The van der Waals surface area contributed by atoms with Crippen molar-refractivity contribution in [3.8, 4) is 0 Å². The van der Waals surface area contributed by atoms with Gasteiger partial charge in [0.05, 0.1) is 0 Å². The van der Waals surface area contributed by atoms with Crippen molar-refractivity contribution in [1.82, 2.24) is 0 Å². The van der Waals surface area contributed by atoms with Crippen LogP contribution in [0.5, 0.6) is 0 Å². The van der Waals surface area contributed by atoms with Gasteiger partial charge in [-0.15, -0.1) is 0 Å². The van der Waals surface area contributed by atoms with Crippen LogP contribution in [0.1, 0.15) is 213 Å². The highest BCUT2D eigenvalue weighted by Crippen LogP contribution is 2.19. The Morgan fingerprint density at radius 1 is 0.500 bits per heavy atom. The molecule has 0 amide bonds. The second-order valence-electron chi connectivity index (χ2n) is 13.1. The Kier molecular flexibility index (Phi) is 34.6. The van der Waals surface area contributed by atoms with E-state index in [0.717, 1.165) is 77.0 Å². The van der Waals surface area contributed by atoms with Gasteiger partial charge in [-0.2, -0.15) is 0 Å². The molecule has 0 aliphatic rings. The lowest BCUT2D eigenvalue weighted by atomic mass is 10.0. The number of hydrogen-bond donors (Lipinski definition) is 1. The number of carboxylic acid groups (broad SMARTS) is 1. The zero-order valence-corrected chi connectivity index (χ0v) is 29.5. The molecular weight excluding hydrogens is 544 g/mol. The van der Waals surface area contributed by atoms with Crippen LogP contribution in [-0.4, -0.2) is 23.1 Å². The number of carboxylic acids is 1. The molecular formula is C40H74O4. The lowest BCUT2D eigenvalue weighted by molar-refractivity contribution is -0.150. The summed E-state index contributed by atoms with van der Waals surface area (Å²) in [6, 6.07) is 0. The third-order valence-corrected chi connectivity index (χ3v) is 8.68. The molecule has 0 bridgehead atoms. The molecule has 0 saturated carbocycles. The standard InChI is InChI=1S/C40H74O4/c1-3-5-7-9-11-12-13-14-15-16-17-18-19-20-21-22-23-29-33-37-40(43)44-38(34-30-26-10-8-6-4-2)35-31-27-24-25-28-32-36-39(41)42/h11-12,14-15,38H,3-10,13,16-37H2,1-2H3,(H,41,42)/b12-11-,15-14-. The highest BCUT2D eigenvalue weighted by molar-refractivity contribution is 5.69. The van der Waals surface area contributed by atoms with E-state index in [9.17, 15) is 9.59 Å². The van der Waals surface area contributed by atoms with Crippen LogP contribution in [0.15, 0.2) is 24.3 Å². The van der Waals surface area contributed by atoms with E-state index in [0.29, 0.717) is 6.42 Å². The summed E-state index contributed by atoms with van der Waals surface area (Å²) in [7, 11) is 0. The van der Waals surface area contributed by atoms with Gasteiger partial charge in [-0.1, -0.05) is 154 Å². The first kappa shape index (κ1) is 42.4. The number of rotatable bonds is 35. The van der Waals surface area contributed by atoms with Crippen LogP contribution in [0.25, 0.3) is 0 Å². The van der Waals surface area contributed by atoms with Gasteiger partial charge in [-0.05, 0) is 70.6 Å². The summed E-state index contributed by atoms with van der Waals surface area (Å²) >= 11 is 0. The van der Waals surface area contributed by atoms with E-state index < -0.39 is 5.97 Å². The molecule has 0 aliphatic carbocycles. The van der Waals surface area contributed by atoms with Crippen LogP contribution in [-0.2, 0) is 14.3 Å². The monoisotopic (exact) mass is 619 g/mol. The molecule has 0 aromatic carbocycles. The first-order chi connectivity index (χ1) is 21.6. The largest absolute Gasteiger partial charge is 0.481 e. The number of unbranched alkanes of at least 4 members (excludes halogenated alkanes) is 22. The summed E-state index contributed by atoms with van der Waals surface area (Å²) in [6.45, 7) is 4.51. The highest BCUT2D eigenvalue weighted by Gasteiger charge is 2.14. The summed E-state index contributed by atoms with van der Waals surface area (Å²) in [5.74, 6) is -0.687. The second-order valence-corrected chi connectivity index (χ2v) is 13.1. The van der Waals surface area contributed by atoms with E-state index in [-0.39, 0.29) is 18.5 Å². The molecule has 0 fully saturated rings. The number of allylic oxidation sites excluding steroid dienone is 4. The van der Waals surface area contributed by atoms with E-state index in [1.54, 1.807) is 0 Å². The maximum atomic E-state index is 12.6. The Bertz CT molecular complexity index is 668. The Balaban J connectivity index is 3.85. The number of carbonyl (C=O) groups is 2. The first-order valence-corrected chi connectivity index (χ1v) is 19.3. The topological polar surface area (TPSA) is 63.6 Å². The third-order valence-electron chi connectivity index (χ3n) is 8.68. The fraction of sp³-hybridized carbons (Fsp3) is 0.850. The molecule has 0 aliphatic heterocycles. The van der Waals surface area contributed by atoms with Crippen LogP contribution >= 0.6 is 0 Å². The normalized spacial score (nSPS) is 12.4. The number of aliphatic carboxylic acids is 1. The van der Waals surface area contributed by atoms with Gasteiger partial charge in [0.25, 0.3) is 0 Å². The van der Waals surface area contributed by atoms with Gasteiger partial charge in [0.2, 0.25) is 0 Å². The van der Waals surface area contributed by atoms with E-state index in [2.05, 4.69) is 38.2 Å². The minimum absolute atomic E-state index is 0.00620. The maximum absolute atomic E-state index is 12.6. The molecule has 0 spiro atoms. The summed E-state index contributed by atoms with van der Waals surface area (Å²) in [5, 5.41) is 8.76. The summed E-state index contributed by atoms with van der Waals surface area (Å²) in [6.07, 6.45) is 44.9. The van der Waals surface area contributed by atoms with Crippen molar-refractivity contribution in [1.29, 1.82) is 0 Å². The molecule has 1 atom stereocenters. The van der Waals surface area contributed by atoms with Gasteiger partial charge in [0.1, 0.15) is 6.10 Å². The third kappa shape index (κ3) is 34.9. The van der Waals surface area contributed by atoms with Crippen LogP contribution in [0.3, 0.4) is 0 Å². The summed E-state index contributed by atoms with van der Waals surface area (Å²) < 4.78 is 5.97.